The summed E-state index contributed by atoms with van der Waals surface area (Å²) >= 11 is 0. The summed E-state index contributed by atoms with van der Waals surface area (Å²) in [5, 5.41) is 9.87. The maximum absolute atomic E-state index is 14.7. The zero-order valence-corrected chi connectivity index (χ0v) is 39.5. The molecule has 5 N–H and O–H groups in total. The number of nitrogens with one attached hydrogen (secondary N) is 3. The normalized spacial score (nSPS) is 17.0. The maximum atomic E-state index is 14.7. The molecular formula is C49H70N5O8P. The van der Waals surface area contributed by atoms with E-state index in [1.807, 2.05) is 58.2 Å². The van der Waals surface area contributed by atoms with Gasteiger partial charge in [-0.1, -0.05) is 67.3 Å². The number of amides is 4. The molecule has 1 aliphatic carbocycles. The van der Waals surface area contributed by atoms with Crippen LogP contribution in [0, 0.1) is 18.8 Å². The number of aryl methyl sites for hydroxylation is 1. The Labute approximate surface area is 373 Å². The van der Waals surface area contributed by atoms with Gasteiger partial charge in [0.2, 0.25) is 31.0 Å². The topological polar surface area (TPSA) is 188 Å². The van der Waals surface area contributed by atoms with Gasteiger partial charge in [0, 0.05) is 43.5 Å². The van der Waals surface area contributed by atoms with Gasteiger partial charge in [0.15, 0.2) is 0 Å². The van der Waals surface area contributed by atoms with Crippen LogP contribution in [0.5, 0.6) is 0 Å². The average Bonchev–Trinajstić information content (AvgIpc) is 3.56. The van der Waals surface area contributed by atoms with Crippen molar-refractivity contribution in [3.05, 3.63) is 96.7 Å². The second-order valence-electron chi connectivity index (χ2n) is 19.3. The second kappa shape index (κ2) is 21.6. The van der Waals surface area contributed by atoms with Crippen LogP contribution in [0.2, 0.25) is 0 Å². The highest BCUT2D eigenvalue weighted by molar-refractivity contribution is 7.57. The Bertz CT molecular complexity index is 2160. The molecule has 1 heterocycles. The third-order valence-corrected chi connectivity index (χ3v) is 13.0. The van der Waals surface area contributed by atoms with Gasteiger partial charge in [0.25, 0.3) is 0 Å². The second-order valence-corrected chi connectivity index (χ2v) is 21.8. The summed E-state index contributed by atoms with van der Waals surface area (Å²) in [6.45, 7) is 23.2. The number of rotatable bonds is 21. The number of ether oxygens (including phenoxy) is 1. The SMILES string of the molecule is C=CC[C@H](CNC(=O)[C@H](CC(N)=O)NC(=O)C1(NC(=O)[C@@H](CC(=O)OC(C)(C)C)[C@H](C=C)c2ccc(CP(C)(=O)OC(C)(C)C)cc2)CCCCC1)Cn1ccc2cc(C)ccc21. The Morgan fingerprint density at radius 1 is 0.921 bits per heavy atom. The number of allylic oxidation sites excluding steroid dienone is 2. The number of fused-ring (bicyclic) bond motifs is 1. The minimum Gasteiger partial charge on any atom is -0.460 e. The zero-order chi connectivity index (χ0) is 46.8. The van der Waals surface area contributed by atoms with Crippen LogP contribution >= 0.6 is 7.37 Å². The summed E-state index contributed by atoms with van der Waals surface area (Å²) in [5.41, 5.74) is 6.43. The maximum Gasteiger partial charge on any atom is 0.307 e. The van der Waals surface area contributed by atoms with E-state index in [-0.39, 0.29) is 37.9 Å². The van der Waals surface area contributed by atoms with Gasteiger partial charge in [-0.15, -0.1) is 13.2 Å². The molecule has 1 unspecified atom stereocenters. The van der Waals surface area contributed by atoms with Crippen molar-refractivity contribution in [2.24, 2.45) is 17.6 Å². The lowest BCUT2D eigenvalue weighted by atomic mass is 9.78. The summed E-state index contributed by atoms with van der Waals surface area (Å²) in [7, 11) is -2.99. The highest BCUT2D eigenvalue weighted by atomic mass is 31.2. The molecule has 4 amide bonds. The van der Waals surface area contributed by atoms with E-state index in [0.717, 1.165) is 28.5 Å². The van der Waals surface area contributed by atoms with Gasteiger partial charge in [0.05, 0.1) is 24.4 Å². The number of nitrogens with zero attached hydrogens (tertiary/aromatic N) is 1. The van der Waals surface area contributed by atoms with Crippen LogP contribution in [0.4, 0.5) is 0 Å². The molecule has 0 saturated heterocycles. The van der Waals surface area contributed by atoms with E-state index >= 15 is 0 Å². The van der Waals surface area contributed by atoms with Gasteiger partial charge in [-0.2, -0.15) is 0 Å². The molecule has 0 radical (unpaired) electrons. The molecule has 0 spiro atoms. The van der Waals surface area contributed by atoms with Gasteiger partial charge >= 0.3 is 5.97 Å². The smallest absolute Gasteiger partial charge is 0.307 e. The minimum atomic E-state index is -2.99. The zero-order valence-electron chi connectivity index (χ0n) is 38.6. The summed E-state index contributed by atoms with van der Waals surface area (Å²) in [6, 6.07) is 14.2. The molecular weight excluding hydrogens is 818 g/mol. The Morgan fingerprint density at radius 2 is 1.59 bits per heavy atom. The third-order valence-electron chi connectivity index (χ3n) is 11.1. The summed E-state index contributed by atoms with van der Waals surface area (Å²) < 4.78 is 27.0. The van der Waals surface area contributed by atoms with Crippen molar-refractivity contribution >= 4 is 47.9 Å². The number of hydrogen-bond donors (Lipinski definition) is 4. The molecule has 1 aromatic heterocycles. The van der Waals surface area contributed by atoms with E-state index in [1.165, 1.54) is 0 Å². The Hall–Kier alpha value is -5.00. The van der Waals surface area contributed by atoms with Crippen molar-refractivity contribution in [2.75, 3.05) is 13.2 Å². The third kappa shape index (κ3) is 15.3. The number of nitrogens with two attached hydrogens (primary N) is 1. The Morgan fingerprint density at radius 3 is 2.17 bits per heavy atom. The van der Waals surface area contributed by atoms with E-state index in [1.54, 1.807) is 39.6 Å². The lowest BCUT2D eigenvalue weighted by molar-refractivity contribution is -0.157. The van der Waals surface area contributed by atoms with Gasteiger partial charge < -0.3 is 35.5 Å². The fourth-order valence-electron chi connectivity index (χ4n) is 8.45. The summed E-state index contributed by atoms with van der Waals surface area (Å²) in [5.74, 6) is -4.95. The monoisotopic (exact) mass is 887 g/mol. The quantitative estimate of drug-likeness (QED) is 0.0471. The molecule has 344 valence electrons. The molecule has 5 atom stereocenters. The molecule has 14 heteroatoms. The average molecular weight is 888 g/mol. The van der Waals surface area contributed by atoms with Gasteiger partial charge in [0.1, 0.15) is 17.2 Å². The van der Waals surface area contributed by atoms with Gasteiger partial charge in [-0.25, -0.2) is 0 Å². The molecule has 1 fully saturated rings. The largest absolute Gasteiger partial charge is 0.460 e. The summed E-state index contributed by atoms with van der Waals surface area (Å²) in [4.78, 5) is 68.8. The highest BCUT2D eigenvalue weighted by Crippen LogP contribution is 2.50. The van der Waals surface area contributed by atoms with E-state index in [0.29, 0.717) is 31.4 Å². The van der Waals surface area contributed by atoms with Crippen molar-refractivity contribution < 1.29 is 37.8 Å². The van der Waals surface area contributed by atoms with Crippen LogP contribution in [-0.4, -0.2) is 70.2 Å². The number of hydrogen-bond acceptors (Lipinski definition) is 8. The van der Waals surface area contributed by atoms with Crippen LogP contribution in [0.25, 0.3) is 10.9 Å². The van der Waals surface area contributed by atoms with Crippen molar-refractivity contribution in [1.29, 1.82) is 0 Å². The van der Waals surface area contributed by atoms with Crippen LogP contribution in [0.1, 0.15) is 116 Å². The van der Waals surface area contributed by atoms with Crippen molar-refractivity contribution in [3.8, 4) is 0 Å². The first-order chi connectivity index (χ1) is 29.4. The fourth-order valence-corrected chi connectivity index (χ4v) is 10.5. The van der Waals surface area contributed by atoms with E-state index in [2.05, 4.69) is 57.9 Å². The first kappa shape index (κ1) is 50.6. The first-order valence-electron chi connectivity index (χ1n) is 22.0. The number of benzene rings is 2. The van der Waals surface area contributed by atoms with Crippen molar-refractivity contribution in [2.45, 2.75) is 141 Å². The molecule has 1 aliphatic rings. The predicted octanol–water partition coefficient (Wildman–Crippen LogP) is 7.98. The number of carbonyl (C=O) groups excluding carboxylic acids is 5. The molecule has 13 nitrogen and oxygen atoms in total. The van der Waals surface area contributed by atoms with E-state index in [9.17, 15) is 28.5 Å². The van der Waals surface area contributed by atoms with E-state index in [4.69, 9.17) is 15.0 Å². The predicted molar refractivity (Wildman–Crippen MR) is 249 cm³/mol. The molecule has 1 saturated carbocycles. The Kier molecular flexibility index (Phi) is 17.4. The van der Waals surface area contributed by atoms with Gasteiger partial charge in [-0.3, -0.25) is 28.5 Å². The van der Waals surface area contributed by atoms with Gasteiger partial charge in [-0.05, 0) is 108 Å². The molecule has 0 aliphatic heterocycles. The lowest BCUT2D eigenvalue weighted by Gasteiger charge is -2.39. The molecule has 3 aromatic rings. The first-order valence-corrected chi connectivity index (χ1v) is 24.2. The molecule has 4 rings (SSSR count). The van der Waals surface area contributed by atoms with Crippen molar-refractivity contribution in [3.63, 3.8) is 0 Å². The van der Waals surface area contributed by atoms with Crippen molar-refractivity contribution in [1.82, 2.24) is 20.5 Å². The lowest BCUT2D eigenvalue weighted by Crippen LogP contribution is -2.64. The van der Waals surface area contributed by atoms with Crippen LogP contribution in [0.3, 0.4) is 0 Å². The summed E-state index contributed by atoms with van der Waals surface area (Å²) in [6.07, 6.45) is 8.01. The number of aromatic nitrogens is 1. The molecule has 2 aromatic carbocycles. The molecule has 63 heavy (non-hydrogen) atoms. The highest BCUT2D eigenvalue weighted by Gasteiger charge is 2.45. The number of primary amides is 1. The Balaban J connectivity index is 1.57. The van der Waals surface area contributed by atoms with Crippen LogP contribution in [0.15, 0.2) is 80.0 Å². The van der Waals surface area contributed by atoms with Crippen LogP contribution < -0.4 is 21.7 Å². The minimum absolute atomic E-state index is 0.0518. The standard InChI is InChI=1S/C49H70N5O8P/c1-11-16-35(31-54-26-23-37-27-33(3)17-22-41(37)54)30-51-45(58)40(29-42(50)55)52-46(59)49(24-14-13-15-25-49)53-44(57)39(28-43(56)61-47(4,5)6)38(12-2)36-20-18-34(19-21-36)32-63(10,60)62-48(7,8)9/h11-12,17-23,26-27,35,38-40H,1-2,13-16,24-25,28-32H2,3-10H3,(H2,50,55)(H,51,58)(H,52,59)(H,53,57)/t35-,38-,39+,40+,63?/m1/s1. The van der Waals surface area contributed by atoms with Crippen LogP contribution in [-0.2, 0) is 50.5 Å². The fraction of sp³-hybridized carbons (Fsp3) is 0.531. The number of carbonyl (C=O) groups is 5. The number of esters is 1. The molecule has 0 bridgehead atoms. The van der Waals surface area contributed by atoms with E-state index < -0.39 is 78.0 Å².